The average Bonchev–Trinajstić information content (AvgIpc) is 2.92. The summed E-state index contributed by atoms with van der Waals surface area (Å²) in [5, 5.41) is 11.5. The van der Waals surface area contributed by atoms with E-state index in [0.717, 1.165) is 19.3 Å². The summed E-state index contributed by atoms with van der Waals surface area (Å²) in [6.45, 7) is 16.8. The fourth-order valence-corrected chi connectivity index (χ4v) is 3.58. The molecule has 1 rings (SSSR count). The van der Waals surface area contributed by atoms with Crippen molar-refractivity contribution in [3.63, 3.8) is 0 Å². The van der Waals surface area contributed by atoms with Crippen LogP contribution in [-0.4, -0.2) is 48.0 Å². The molecular weight excluding hydrogens is 342 g/mol. The summed E-state index contributed by atoms with van der Waals surface area (Å²) in [5.41, 5.74) is 2.81. The van der Waals surface area contributed by atoms with Crippen LogP contribution >= 0.6 is 0 Å². The molecule has 1 fully saturated rings. The van der Waals surface area contributed by atoms with E-state index in [1.807, 2.05) is 20.8 Å². The van der Waals surface area contributed by atoms with Crippen LogP contribution in [0, 0.1) is 11.5 Å². The molecule has 0 aromatic heterocycles. The van der Waals surface area contributed by atoms with E-state index in [4.69, 9.17) is 4.74 Å². The Bertz CT molecular complexity index is 585. The molecule has 0 aliphatic carbocycles. The zero-order valence-corrected chi connectivity index (χ0v) is 18.9. The number of ether oxygens (including phenoxy) is 1. The first-order valence-corrected chi connectivity index (χ1v) is 13.1. The maximum atomic E-state index is 12.6. The highest BCUT2D eigenvalue weighted by Gasteiger charge is 2.44. The molecule has 148 valence electrons. The maximum Gasteiger partial charge on any atom is 0.410 e. The van der Waals surface area contributed by atoms with Gasteiger partial charge in [-0.15, -0.1) is 5.54 Å². The van der Waals surface area contributed by atoms with Gasteiger partial charge in [-0.1, -0.05) is 37.2 Å². The number of rotatable bonds is 4. The minimum absolute atomic E-state index is 0.313. The number of carbonyl (C=O) groups is 1. The number of likely N-dealkylation sites (tertiary alicyclic amines) is 1. The van der Waals surface area contributed by atoms with E-state index >= 15 is 0 Å². The second-order valence-electron chi connectivity index (χ2n) is 9.58. The molecule has 5 heteroatoms. The molecular formula is C21H37NO3Si. The van der Waals surface area contributed by atoms with Gasteiger partial charge in [0, 0.05) is 6.54 Å². The molecule has 1 saturated heterocycles. The highest BCUT2D eigenvalue weighted by Crippen LogP contribution is 2.32. The van der Waals surface area contributed by atoms with Crippen molar-refractivity contribution in [1.29, 1.82) is 0 Å². The summed E-state index contributed by atoms with van der Waals surface area (Å²) in [6, 6.07) is -0.313. The molecule has 0 bridgehead atoms. The van der Waals surface area contributed by atoms with Crippen LogP contribution in [0.1, 0.15) is 60.3 Å². The quantitative estimate of drug-likeness (QED) is 0.436. The Kier molecular flexibility index (Phi) is 7.56. The average molecular weight is 380 g/mol. The maximum absolute atomic E-state index is 12.6. The lowest BCUT2D eigenvalue weighted by molar-refractivity contribution is -0.0175. The molecule has 1 N–H and O–H groups in total. The minimum atomic E-state index is -1.64. The molecule has 0 saturated carbocycles. The van der Waals surface area contributed by atoms with E-state index in [2.05, 4.69) is 51.0 Å². The van der Waals surface area contributed by atoms with Crippen molar-refractivity contribution in [2.75, 3.05) is 6.54 Å². The molecule has 0 radical (unpaired) electrons. The molecule has 1 heterocycles. The number of hydrogen-bond acceptors (Lipinski definition) is 3. The molecule has 0 aromatic rings. The number of allylic oxidation sites excluding steroid dienone is 2. The summed E-state index contributed by atoms with van der Waals surface area (Å²) in [7, 11) is -1.64. The van der Waals surface area contributed by atoms with E-state index in [1.54, 1.807) is 4.90 Å². The highest BCUT2D eigenvalue weighted by molar-refractivity contribution is 6.83. The lowest BCUT2D eigenvalue weighted by Gasteiger charge is -2.36. The fourth-order valence-electron chi connectivity index (χ4n) is 2.99. The Balaban J connectivity index is 3.12. The van der Waals surface area contributed by atoms with Crippen LogP contribution in [0.3, 0.4) is 0 Å². The topological polar surface area (TPSA) is 49.8 Å². The van der Waals surface area contributed by atoms with Crippen molar-refractivity contribution in [1.82, 2.24) is 4.90 Å². The normalized spacial score (nSPS) is 20.0. The molecule has 0 aromatic carbocycles. The van der Waals surface area contributed by atoms with Crippen LogP contribution in [0.5, 0.6) is 0 Å². The summed E-state index contributed by atoms with van der Waals surface area (Å²) >= 11 is 0. The number of aliphatic hydroxyl groups is 1. The number of nitrogens with zero attached hydrogens (tertiary/aromatic N) is 1. The van der Waals surface area contributed by atoms with Gasteiger partial charge in [0.1, 0.15) is 19.3 Å². The van der Waals surface area contributed by atoms with Gasteiger partial charge in [-0.2, -0.15) is 0 Å². The lowest BCUT2D eigenvalue weighted by atomic mass is 9.88. The number of carbonyl (C=O) groups excluding carboxylic acids is 1. The third kappa shape index (κ3) is 7.55. The first-order valence-electron chi connectivity index (χ1n) is 9.63. The molecule has 1 aliphatic heterocycles. The predicted octanol–water partition coefficient (Wildman–Crippen LogP) is 4.74. The van der Waals surface area contributed by atoms with Gasteiger partial charge in [-0.3, -0.25) is 0 Å². The third-order valence-electron chi connectivity index (χ3n) is 4.16. The summed E-state index contributed by atoms with van der Waals surface area (Å²) < 4.78 is 5.56. The Labute approximate surface area is 161 Å². The van der Waals surface area contributed by atoms with Crippen LogP contribution in [0.4, 0.5) is 4.79 Å². The van der Waals surface area contributed by atoms with Crippen molar-refractivity contribution in [3.05, 3.63) is 11.6 Å². The van der Waals surface area contributed by atoms with Crippen molar-refractivity contribution in [3.8, 4) is 11.5 Å². The van der Waals surface area contributed by atoms with Gasteiger partial charge in [-0.25, -0.2) is 4.79 Å². The second kappa shape index (κ2) is 8.62. The van der Waals surface area contributed by atoms with E-state index in [-0.39, 0.29) is 12.1 Å². The predicted molar refractivity (Wildman–Crippen MR) is 111 cm³/mol. The molecule has 4 nitrogen and oxygen atoms in total. The SMILES string of the molecule is CC(C)=CCC[C@@](O)(C#C[Si](C)(C)C)[C@H]1CCCN1C(=O)OC(C)(C)C. The second-order valence-corrected chi connectivity index (χ2v) is 14.3. The first kappa shape index (κ1) is 22.8. The number of hydrogen-bond donors (Lipinski definition) is 1. The fraction of sp³-hybridized carbons (Fsp3) is 0.762. The zero-order chi connectivity index (χ0) is 20.2. The lowest BCUT2D eigenvalue weighted by Crippen LogP contribution is -2.52. The molecule has 0 unspecified atom stereocenters. The Hall–Kier alpha value is -1.25. The molecule has 1 aliphatic rings. The highest BCUT2D eigenvalue weighted by atomic mass is 28.3. The van der Waals surface area contributed by atoms with E-state index < -0.39 is 19.3 Å². The minimum Gasteiger partial charge on any atom is -0.444 e. The summed E-state index contributed by atoms with van der Waals surface area (Å²) in [5.74, 6) is 3.19. The van der Waals surface area contributed by atoms with E-state index in [9.17, 15) is 9.90 Å². The van der Waals surface area contributed by atoms with Gasteiger partial charge in [0.2, 0.25) is 0 Å². The monoisotopic (exact) mass is 379 g/mol. The van der Waals surface area contributed by atoms with E-state index in [1.165, 1.54) is 5.57 Å². The van der Waals surface area contributed by atoms with Crippen LogP contribution in [0.25, 0.3) is 0 Å². The van der Waals surface area contributed by atoms with Crippen molar-refractivity contribution in [2.24, 2.45) is 0 Å². The molecule has 2 atom stereocenters. The van der Waals surface area contributed by atoms with Gasteiger partial charge >= 0.3 is 6.09 Å². The Morgan fingerprint density at radius 3 is 2.42 bits per heavy atom. The van der Waals surface area contributed by atoms with Crippen molar-refractivity contribution < 1.29 is 14.6 Å². The van der Waals surface area contributed by atoms with E-state index in [0.29, 0.717) is 13.0 Å². The van der Waals surface area contributed by atoms with Crippen LogP contribution in [0.15, 0.2) is 11.6 Å². The summed E-state index contributed by atoms with van der Waals surface area (Å²) in [6.07, 6.45) is 4.66. The third-order valence-corrected chi connectivity index (χ3v) is 5.04. The zero-order valence-electron chi connectivity index (χ0n) is 17.9. The first-order chi connectivity index (χ1) is 11.7. The van der Waals surface area contributed by atoms with Gasteiger partial charge in [0.25, 0.3) is 0 Å². The molecule has 0 spiro atoms. The van der Waals surface area contributed by atoms with Crippen molar-refractivity contribution >= 4 is 14.2 Å². The Morgan fingerprint density at radius 2 is 1.92 bits per heavy atom. The standard InChI is InChI=1S/C21H37NO3Si/c1-17(2)11-9-13-21(24,14-16-26(6,7)8)18-12-10-15-22(18)19(23)25-20(3,4)5/h11,18,24H,9-10,12-13,15H2,1-8H3/t18-,21-/m1/s1. The largest absolute Gasteiger partial charge is 0.444 e. The van der Waals surface area contributed by atoms with Gasteiger partial charge < -0.3 is 14.7 Å². The smallest absolute Gasteiger partial charge is 0.410 e. The number of amides is 1. The molecule has 1 amide bonds. The van der Waals surface area contributed by atoms with Gasteiger partial charge in [0.15, 0.2) is 0 Å². The molecule has 26 heavy (non-hydrogen) atoms. The van der Waals surface area contributed by atoms with Crippen LogP contribution in [-0.2, 0) is 4.74 Å². The summed E-state index contributed by atoms with van der Waals surface area (Å²) in [4.78, 5) is 14.3. The van der Waals surface area contributed by atoms with Crippen LogP contribution < -0.4 is 0 Å². The van der Waals surface area contributed by atoms with Crippen molar-refractivity contribution in [2.45, 2.75) is 97.2 Å². The van der Waals surface area contributed by atoms with Gasteiger partial charge in [0.05, 0.1) is 6.04 Å². The van der Waals surface area contributed by atoms with Crippen LogP contribution in [0.2, 0.25) is 19.6 Å². The van der Waals surface area contributed by atoms with Gasteiger partial charge in [-0.05, 0) is 60.3 Å². The Morgan fingerprint density at radius 1 is 1.31 bits per heavy atom.